The van der Waals surface area contributed by atoms with Crippen LogP contribution in [0.5, 0.6) is 0 Å². The number of halogens is 3. The van der Waals surface area contributed by atoms with Crippen molar-refractivity contribution in [3.63, 3.8) is 0 Å². The smallest absolute Gasteiger partial charge is 0.382 e. The van der Waals surface area contributed by atoms with Crippen LogP contribution in [-0.4, -0.2) is 15.0 Å². The SMILES string of the molecule is N#Cc1ncc(N)nc1Sc1cccnc1C(F)(F)F. The van der Waals surface area contributed by atoms with Gasteiger partial charge < -0.3 is 5.73 Å². The molecule has 0 unspecified atom stereocenters. The molecule has 0 amide bonds. The molecule has 0 atom stereocenters. The highest BCUT2D eigenvalue weighted by molar-refractivity contribution is 7.99. The number of nitrogens with zero attached hydrogens (tertiary/aromatic N) is 4. The van der Waals surface area contributed by atoms with Gasteiger partial charge in [-0.25, -0.2) is 9.97 Å². The normalized spacial score (nSPS) is 11.1. The number of anilines is 1. The summed E-state index contributed by atoms with van der Waals surface area (Å²) in [5.74, 6) is 0.0175. The summed E-state index contributed by atoms with van der Waals surface area (Å²) in [6.45, 7) is 0. The zero-order valence-corrected chi connectivity index (χ0v) is 10.5. The third-order valence-corrected chi connectivity index (χ3v) is 3.14. The summed E-state index contributed by atoms with van der Waals surface area (Å²) in [6.07, 6.45) is -2.39. The first-order valence-electron chi connectivity index (χ1n) is 5.14. The summed E-state index contributed by atoms with van der Waals surface area (Å²) in [6, 6.07) is 4.36. The summed E-state index contributed by atoms with van der Waals surface area (Å²) >= 11 is 0.648. The van der Waals surface area contributed by atoms with Crippen molar-refractivity contribution in [2.24, 2.45) is 0 Å². The largest absolute Gasteiger partial charge is 0.434 e. The van der Waals surface area contributed by atoms with Crippen molar-refractivity contribution in [1.29, 1.82) is 5.26 Å². The van der Waals surface area contributed by atoms with Crippen LogP contribution in [0, 0.1) is 11.3 Å². The monoisotopic (exact) mass is 297 g/mol. The number of alkyl halides is 3. The molecule has 0 aliphatic rings. The minimum absolute atomic E-state index is 0.00556. The lowest BCUT2D eigenvalue weighted by Gasteiger charge is -2.10. The van der Waals surface area contributed by atoms with Crippen molar-refractivity contribution in [3.8, 4) is 6.07 Å². The maximum absolute atomic E-state index is 12.8. The predicted octanol–water partition coefficient (Wildman–Crippen LogP) is 2.50. The van der Waals surface area contributed by atoms with E-state index in [1.165, 1.54) is 12.1 Å². The summed E-state index contributed by atoms with van der Waals surface area (Å²) in [4.78, 5) is 10.7. The number of hydrogen-bond donors (Lipinski definition) is 1. The Labute approximate surface area is 115 Å². The minimum Gasteiger partial charge on any atom is -0.382 e. The average molecular weight is 297 g/mol. The Morgan fingerprint density at radius 2 is 2.05 bits per heavy atom. The second-order valence-corrected chi connectivity index (χ2v) is 4.54. The molecule has 9 heteroatoms. The predicted molar refractivity (Wildman–Crippen MR) is 64.5 cm³/mol. The zero-order valence-electron chi connectivity index (χ0n) is 9.72. The van der Waals surface area contributed by atoms with Gasteiger partial charge in [-0.2, -0.15) is 18.4 Å². The van der Waals surface area contributed by atoms with Gasteiger partial charge in [-0.15, -0.1) is 0 Å². The van der Waals surface area contributed by atoms with Crippen LogP contribution < -0.4 is 5.73 Å². The second-order valence-electron chi connectivity index (χ2n) is 3.51. The first-order chi connectivity index (χ1) is 9.41. The van der Waals surface area contributed by atoms with E-state index in [1.807, 2.05) is 0 Å². The fraction of sp³-hybridized carbons (Fsp3) is 0.0909. The summed E-state index contributed by atoms with van der Waals surface area (Å²) < 4.78 is 38.4. The highest BCUT2D eigenvalue weighted by Crippen LogP contribution is 2.38. The Balaban J connectivity index is 2.46. The third kappa shape index (κ3) is 2.97. The molecule has 0 saturated heterocycles. The van der Waals surface area contributed by atoms with Crippen LogP contribution >= 0.6 is 11.8 Å². The molecule has 0 aromatic carbocycles. The molecule has 0 spiro atoms. The molecular weight excluding hydrogens is 291 g/mol. The topological polar surface area (TPSA) is 88.5 Å². The van der Waals surface area contributed by atoms with Gasteiger partial charge in [-0.1, -0.05) is 11.8 Å². The highest BCUT2D eigenvalue weighted by atomic mass is 32.2. The van der Waals surface area contributed by atoms with E-state index >= 15 is 0 Å². The van der Waals surface area contributed by atoms with Crippen LogP contribution in [0.2, 0.25) is 0 Å². The van der Waals surface area contributed by atoms with Gasteiger partial charge in [-0.3, -0.25) is 4.98 Å². The lowest BCUT2D eigenvalue weighted by Crippen LogP contribution is -2.09. The standard InChI is InChI=1S/C11H6F3N5S/c12-11(13,14)9-7(2-1-3-17-9)20-10-6(4-15)18-5-8(16)19-10/h1-3,5H,(H2,16,19). The lowest BCUT2D eigenvalue weighted by molar-refractivity contribution is -0.143. The van der Waals surface area contributed by atoms with Crippen LogP contribution in [0.25, 0.3) is 0 Å². The number of pyridine rings is 1. The third-order valence-electron chi connectivity index (χ3n) is 2.11. The van der Waals surface area contributed by atoms with E-state index in [4.69, 9.17) is 11.0 Å². The Kier molecular flexibility index (Phi) is 3.76. The molecule has 102 valence electrons. The van der Waals surface area contributed by atoms with Crippen LogP contribution in [0.4, 0.5) is 19.0 Å². The van der Waals surface area contributed by atoms with E-state index in [-0.39, 0.29) is 21.4 Å². The number of aromatic nitrogens is 3. The van der Waals surface area contributed by atoms with Crippen molar-refractivity contribution >= 4 is 17.6 Å². The van der Waals surface area contributed by atoms with Crippen molar-refractivity contribution < 1.29 is 13.2 Å². The van der Waals surface area contributed by atoms with Gasteiger partial charge in [0.05, 0.1) is 6.20 Å². The fourth-order valence-corrected chi connectivity index (χ4v) is 2.29. The van der Waals surface area contributed by atoms with E-state index < -0.39 is 11.9 Å². The molecule has 2 aromatic heterocycles. The first-order valence-corrected chi connectivity index (χ1v) is 5.96. The molecule has 2 N–H and O–H groups in total. The van der Waals surface area contributed by atoms with E-state index in [9.17, 15) is 13.2 Å². The molecule has 2 heterocycles. The number of nitriles is 1. The van der Waals surface area contributed by atoms with Gasteiger partial charge in [0.1, 0.15) is 16.9 Å². The van der Waals surface area contributed by atoms with Crippen molar-refractivity contribution in [3.05, 3.63) is 35.9 Å². The van der Waals surface area contributed by atoms with E-state index in [1.54, 1.807) is 6.07 Å². The second kappa shape index (κ2) is 5.34. The maximum Gasteiger partial charge on any atom is 0.434 e. The van der Waals surface area contributed by atoms with E-state index in [0.29, 0.717) is 11.8 Å². The Morgan fingerprint density at radius 3 is 2.70 bits per heavy atom. The minimum atomic E-state index is -4.59. The summed E-state index contributed by atoms with van der Waals surface area (Å²) in [5.41, 5.74) is 4.29. The Morgan fingerprint density at radius 1 is 1.30 bits per heavy atom. The van der Waals surface area contributed by atoms with Crippen LogP contribution in [0.1, 0.15) is 11.4 Å². The molecule has 2 aromatic rings. The summed E-state index contributed by atoms with van der Waals surface area (Å²) in [5, 5.41) is 8.88. The quantitative estimate of drug-likeness (QED) is 0.916. The van der Waals surface area contributed by atoms with Crippen LogP contribution in [0.3, 0.4) is 0 Å². The first kappa shape index (κ1) is 14.1. The van der Waals surface area contributed by atoms with Gasteiger partial charge in [0, 0.05) is 11.1 Å². The van der Waals surface area contributed by atoms with Crippen LogP contribution in [0.15, 0.2) is 34.4 Å². The van der Waals surface area contributed by atoms with Crippen LogP contribution in [-0.2, 0) is 6.18 Å². The molecule has 0 aliphatic carbocycles. The Hall–Kier alpha value is -2.34. The zero-order chi connectivity index (χ0) is 14.8. The Bertz CT molecular complexity index is 680. The molecule has 20 heavy (non-hydrogen) atoms. The maximum atomic E-state index is 12.8. The van der Waals surface area contributed by atoms with Gasteiger partial charge in [0.2, 0.25) is 0 Å². The molecule has 5 nitrogen and oxygen atoms in total. The molecule has 2 rings (SSSR count). The summed E-state index contributed by atoms with van der Waals surface area (Å²) in [7, 11) is 0. The van der Waals surface area contributed by atoms with Crippen molar-refractivity contribution in [1.82, 2.24) is 15.0 Å². The van der Waals surface area contributed by atoms with E-state index in [2.05, 4.69) is 15.0 Å². The van der Waals surface area contributed by atoms with Crippen molar-refractivity contribution in [2.45, 2.75) is 16.1 Å². The molecular formula is C11H6F3N5S. The van der Waals surface area contributed by atoms with Crippen molar-refractivity contribution in [2.75, 3.05) is 5.73 Å². The highest BCUT2D eigenvalue weighted by Gasteiger charge is 2.35. The van der Waals surface area contributed by atoms with Gasteiger partial charge >= 0.3 is 6.18 Å². The lowest BCUT2D eigenvalue weighted by atomic mass is 10.3. The number of nitrogen functional groups attached to an aromatic ring is 1. The number of nitrogens with two attached hydrogens (primary N) is 1. The molecule has 0 fully saturated rings. The molecule has 0 aliphatic heterocycles. The molecule has 0 radical (unpaired) electrons. The fourth-order valence-electron chi connectivity index (χ4n) is 1.32. The average Bonchev–Trinajstić information content (AvgIpc) is 2.38. The van der Waals surface area contributed by atoms with Gasteiger partial charge in [0.15, 0.2) is 11.4 Å². The number of rotatable bonds is 2. The molecule has 0 bridgehead atoms. The molecule has 0 saturated carbocycles. The van der Waals surface area contributed by atoms with Gasteiger partial charge in [0.25, 0.3) is 0 Å². The number of hydrogen-bond acceptors (Lipinski definition) is 6. The van der Waals surface area contributed by atoms with E-state index in [0.717, 1.165) is 12.4 Å². The van der Waals surface area contributed by atoms with Gasteiger partial charge in [-0.05, 0) is 12.1 Å².